The number of aryl methyl sites for hydroxylation is 1. The lowest BCUT2D eigenvalue weighted by Crippen LogP contribution is -1.83. The first kappa shape index (κ1) is 11.9. The number of hydrogen-bond acceptors (Lipinski definition) is 3. The monoisotopic (exact) mass is 233 g/mol. The third-order valence-electron chi connectivity index (χ3n) is 1.85. The Kier molecular flexibility index (Phi) is 6.12. The van der Waals surface area contributed by atoms with Crippen LogP contribution in [0.1, 0.15) is 31.4 Å². The van der Waals surface area contributed by atoms with Gasteiger partial charge in [0.15, 0.2) is 0 Å². The van der Waals surface area contributed by atoms with E-state index in [1.165, 1.54) is 19.3 Å². The van der Waals surface area contributed by atoms with Gasteiger partial charge < -0.3 is 4.42 Å². The zero-order valence-corrected chi connectivity index (χ0v) is 10.0. The molecule has 0 atom stereocenters. The molecule has 0 bridgehead atoms. The van der Waals surface area contributed by atoms with Gasteiger partial charge in [0.05, 0.1) is 5.69 Å². The summed E-state index contributed by atoms with van der Waals surface area (Å²) in [6.45, 7) is 1.94. The topological polar surface area (TPSA) is 26.0 Å². The van der Waals surface area contributed by atoms with Crippen molar-refractivity contribution in [2.24, 2.45) is 0 Å². The van der Waals surface area contributed by atoms with E-state index in [1.54, 1.807) is 18.0 Å². The molecular formula is C10H16ClNOS. The molecule has 4 heteroatoms. The van der Waals surface area contributed by atoms with Crippen LogP contribution in [0.3, 0.4) is 0 Å². The second-order valence-electron chi connectivity index (χ2n) is 3.21. The average Bonchev–Trinajstić information content (AvgIpc) is 2.58. The molecule has 1 aromatic heterocycles. The number of nitrogens with zero attached hydrogens (tertiary/aromatic N) is 1. The molecule has 0 aliphatic carbocycles. The number of aromatic nitrogens is 1. The molecule has 0 amide bonds. The summed E-state index contributed by atoms with van der Waals surface area (Å²) in [5.74, 6) is 1.87. The lowest BCUT2D eigenvalue weighted by molar-refractivity contribution is 0.454. The standard InChI is InChI=1S/C10H16ClNOS/c1-9-8-13-10(12-9)14-7-5-3-2-4-6-11/h8H,2-7H2,1H3. The van der Waals surface area contributed by atoms with Gasteiger partial charge in [0.2, 0.25) is 0 Å². The summed E-state index contributed by atoms with van der Waals surface area (Å²) in [6.07, 6.45) is 6.51. The maximum Gasteiger partial charge on any atom is 0.255 e. The summed E-state index contributed by atoms with van der Waals surface area (Å²) in [4.78, 5) is 4.22. The van der Waals surface area contributed by atoms with Crippen LogP contribution in [0.5, 0.6) is 0 Å². The lowest BCUT2D eigenvalue weighted by Gasteiger charge is -1.97. The van der Waals surface area contributed by atoms with Crippen molar-refractivity contribution in [3.05, 3.63) is 12.0 Å². The Balaban J connectivity index is 1.99. The number of rotatable bonds is 7. The van der Waals surface area contributed by atoms with Crippen molar-refractivity contribution in [2.75, 3.05) is 11.6 Å². The van der Waals surface area contributed by atoms with Crippen molar-refractivity contribution in [3.63, 3.8) is 0 Å². The Hall–Kier alpha value is -0.150. The fourth-order valence-electron chi connectivity index (χ4n) is 1.11. The van der Waals surface area contributed by atoms with Gasteiger partial charge in [-0.1, -0.05) is 24.6 Å². The van der Waals surface area contributed by atoms with Crippen molar-refractivity contribution in [3.8, 4) is 0 Å². The van der Waals surface area contributed by atoms with E-state index in [0.29, 0.717) is 0 Å². The summed E-state index contributed by atoms with van der Waals surface area (Å²) in [6, 6.07) is 0. The van der Waals surface area contributed by atoms with Crippen LogP contribution in [0.15, 0.2) is 15.9 Å². The largest absolute Gasteiger partial charge is 0.440 e. The van der Waals surface area contributed by atoms with Gasteiger partial charge in [0.1, 0.15) is 6.26 Å². The highest BCUT2D eigenvalue weighted by molar-refractivity contribution is 7.99. The van der Waals surface area contributed by atoms with Gasteiger partial charge in [-0.15, -0.1) is 11.6 Å². The van der Waals surface area contributed by atoms with Crippen LogP contribution in [0.4, 0.5) is 0 Å². The van der Waals surface area contributed by atoms with Crippen LogP contribution >= 0.6 is 23.4 Å². The van der Waals surface area contributed by atoms with Gasteiger partial charge in [0.25, 0.3) is 5.22 Å². The Labute approximate surface area is 94.4 Å². The third kappa shape index (κ3) is 4.91. The molecule has 0 aliphatic heterocycles. The smallest absolute Gasteiger partial charge is 0.255 e. The molecule has 2 nitrogen and oxygen atoms in total. The quantitative estimate of drug-likeness (QED) is 0.406. The second-order valence-corrected chi connectivity index (χ2v) is 4.63. The maximum atomic E-state index is 5.58. The van der Waals surface area contributed by atoms with Crippen molar-refractivity contribution in [1.29, 1.82) is 0 Å². The van der Waals surface area contributed by atoms with Crippen molar-refractivity contribution in [2.45, 2.75) is 37.8 Å². The Morgan fingerprint density at radius 3 is 2.79 bits per heavy atom. The molecule has 0 radical (unpaired) electrons. The third-order valence-corrected chi connectivity index (χ3v) is 3.05. The van der Waals surface area contributed by atoms with Crippen LogP contribution in [-0.2, 0) is 0 Å². The summed E-state index contributed by atoms with van der Waals surface area (Å²) in [5.41, 5.74) is 0.953. The van der Waals surface area contributed by atoms with E-state index in [0.717, 1.165) is 29.0 Å². The summed E-state index contributed by atoms with van der Waals surface area (Å²) >= 11 is 7.27. The van der Waals surface area contributed by atoms with E-state index in [1.807, 2.05) is 6.92 Å². The lowest BCUT2D eigenvalue weighted by atomic mass is 10.2. The first-order valence-electron chi connectivity index (χ1n) is 4.94. The summed E-state index contributed by atoms with van der Waals surface area (Å²) < 4.78 is 5.22. The van der Waals surface area contributed by atoms with Crippen LogP contribution in [-0.4, -0.2) is 16.6 Å². The molecule has 0 spiro atoms. The van der Waals surface area contributed by atoms with Gasteiger partial charge in [-0.2, -0.15) is 0 Å². The highest BCUT2D eigenvalue weighted by Gasteiger charge is 2.00. The fourth-order valence-corrected chi connectivity index (χ4v) is 2.15. The Bertz CT molecular complexity index is 252. The van der Waals surface area contributed by atoms with E-state index in [-0.39, 0.29) is 0 Å². The first-order chi connectivity index (χ1) is 6.83. The molecule has 14 heavy (non-hydrogen) atoms. The molecule has 1 aromatic rings. The molecule has 0 unspecified atom stereocenters. The SMILES string of the molecule is Cc1coc(SCCCCCCCl)n1. The number of oxazole rings is 1. The van der Waals surface area contributed by atoms with Crippen LogP contribution in [0.2, 0.25) is 0 Å². The van der Waals surface area contributed by atoms with Gasteiger partial charge in [-0.25, -0.2) is 4.98 Å². The molecule has 1 heterocycles. The van der Waals surface area contributed by atoms with E-state index in [2.05, 4.69) is 4.98 Å². The van der Waals surface area contributed by atoms with Gasteiger partial charge >= 0.3 is 0 Å². The first-order valence-corrected chi connectivity index (χ1v) is 6.46. The summed E-state index contributed by atoms with van der Waals surface area (Å²) in [5, 5.41) is 0.792. The van der Waals surface area contributed by atoms with E-state index >= 15 is 0 Å². The molecule has 80 valence electrons. The minimum absolute atomic E-state index is 0.784. The molecular weight excluding hydrogens is 218 g/mol. The molecule has 0 N–H and O–H groups in total. The second kappa shape index (κ2) is 7.18. The average molecular weight is 234 g/mol. The van der Waals surface area contributed by atoms with Crippen LogP contribution < -0.4 is 0 Å². The van der Waals surface area contributed by atoms with Crippen molar-refractivity contribution in [1.82, 2.24) is 4.98 Å². The highest BCUT2D eigenvalue weighted by Crippen LogP contribution is 2.18. The summed E-state index contributed by atoms with van der Waals surface area (Å²) in [7, 11) is 0. The predicted octanol–water partition coefficient (Wildman–Crippen LogP) is 3.87. The van der Waals surface area contributed by atoms with E-state index in [9.17, 15) is 0 Å². The minimum Gasteiger partial charge on any atom is -0.440 e. The molecule has 0 saturated heterocycles. The molecule has 1 rings (SSSR count). The number of unbranched alkanes of at least 4 members (excludes halogenated alkanes) is 3. The van der Waals surface area contributed by atoms with Crippen molar-refractivity contribution < 1.29 is 4.42 Å². The zero-order chi connectivity index (χ0) is 10.2. The van der Waals surface area contributed by atoms with Crippen molar-refractivity contribution >= 4 is 23.4 Å². The molecule has 0 saturated carbocycles. The molecule has 0 aromatic carbocycles. The van der Waals surface area contributed by atoms with Crippen LogP contribution in [0, 0.1) is 6.92 Å². The van der Waals surface area contributed by atoms with Gasteiger partial charge in [-0.3, -0.25) is 0 Å². The minimum atomic E-state index is 0.784. The normalized spacial score (nSPS) is 10.7. The highest BCUT2D eigenvalue weighted by atomic mass is 35.5. The van der Waals surface area contributed by atoms with E-state index in [4.69, 9.17) is 16.0 Å². The number of hydrogen-bond donors (Lipinski definition) is 0. The number of halogens is 1. The van der Waals surface area contributed by atoms with E-state index < -0.39 is 0 Å². The molecule has 0 aliphatic rings. The Morgan fingerprint density at radius 1 is 1.36 bits per heavy atom. The number of thioether (sulfide) groups is 1. The molecule has 0 fully saturated rings. The predicted molar refractivity (Wildman–Crippen MR) is 61.2 cm³/mol. The maximum absolute atomic E-state index is 5.58. The van der Waals surface area contributed by atoms with Gasteiger partial charge in [-0.05, 0) is 19.8 Å². The number of alkyl halides is 1. The van der Waals surface area contributed by atoms with Crippen LogP contribution in [0.25, 0.3) is 0 Å². The van der Waals surface area contributed by atoms with Gasteiger partial charge in [0, 0.05) is 11.6 Å². The fraction of sp³-hybridized carbons (Fsp3) is 0.700. The zero-order valence-electron chi connectivity index (χ0n) is 8.46. The Morgan fingerprint density at radius 2 is 2.14 bits per heavy atom.